The molecule has 0 bridgehead atoms. The van der Waals surface area contributed by atoms with Gasteiger partial charge in [-0.3, -0.25) is 4.79 Å². The van der Waals surface area contributed by atoms with E-state index in [1.165, 1.54) is 11.1 Å². The van der Waals surface area contributed by atoms with Crippen molar-refractivity contribution in [3.05, 3.63) is 53.6 Å². The zero-order chi connectivity index (χ0) is 18.4. The van der Waals surface area contributed by atoms with Crippen molar-refractivity contribution in [2.24, 2.45) is 0 Å². The summed E-state index contributed by atoms with van der Waals surface area (Å²) < 4.78 is 11.4. The Morgan fingerprint density at radius 3 is 2.69 bits per heavy atom. The third-order valence-corrected chi connectivity index (χ3v) is 4.28. The van der Waals surface area contributed by atoms with Crippen LogP contribution in [0, 0.1) is 13.8 Å². The molecule has 1 atom stereocenters. The number of para-hydroxylation sites is 2. The fraction of sp³-hybridized carbons (Fsp3) is 0.381. The molecule has 2 N–H and O–H groups in total. The Kier molecular flexibility index (Phi) is 6.12. The van der Waals surface area contributed by atoms with E-state index in [-0.39, 0.29) is 18.6 Å². The number of carbonyl (C=O) groups excluding carboxylic acids is 1. The van der Waals surface area contributed by atoms with Crippen LogP contribution in [0.3, 0.4) is 0 Å². The first-order valence-corrected chi connectivity index (χ1v) is 9.05. The van der Waals surface area contributed by atoms with Crippen LogP contribution < -0.4 is 15.4 Å². The molecule has 0 aliphatic carbocycles. The molecule has 2 aromatic rings. The van der Waals surface area contributed by atoms with E-state index >= 15 is 0 Å². The lowest BCUT2D eigenvalue weighted by Gasteiger charge is -2.15. The van der Waals surface area contributed by atoms with Crippen molar-refractivity contribution in [3.63, 3.8) is 0 Å². The number of hydrogen-bond acceptors (Lipinski definition) is 4. The molecule has 1 fully saturated rings. The Hall–Kier alpha value is -2.53. The Morgan fingerprint density at radius 2 is 1.96 bits per heavy atom. The molecule has 0 radical (unpaired) electrons. The summed E-state index contributed by atoms with van der Waals surface area (Å²) >= 11 is 0. The number of hydrogen-bond donors (Lipinski definition) is 2. The molecule has 138 valence electrons. The van der Waals surface area contributed by atoms with Crippen molar-refractivity contribution in [1.29, 1.82) is 0 Å². The van der Waals surface area contributed by atoms with Crippen molar-refractivity contribution < 1.29 is 14.3 Å². The first-order chi connectivity index (χ1) is 12.6. The van der Waals surface area contributed by atoms with Crippen molar-refractivity contribution in [2.45, 2.75) is 32.8 Å². The molecule has 2 aromatic carbocycles. The number of amides is 1. The van der Waals surface area contributed by atoms with Crippen LogP contribution in [-0.4, -0.2) is 31.8 Å². The molecular weight excluding hydrogens is 328 g/mol. The van der Waals surface area contributed by atoms with Gasteiger partial charge in [0.25, 0.3) is 0 Å². The van der Waals surface area contributed by atoms with Crippen molar-refractivity contribution in [3.8, 4) is 5.75 Å². The lowest BCUT2D eigenvalue weighted by Crippen LogP contribution is -2.23. The summed E-state index contributed by atoms with van der Waals surface area (Å²) in [6.07, 6.45) is 2.25. The molecule has 1 aliphatic rings. The van der Waals surface area contributed by atoms with Crippen LogP contribution in [0.15, 0.2) is 42.5 Å². The van der Waals surface area contributed by atoms with E-state index < -0.39 is 0 Å². The summed E-state index contributed by atoms with van der Waals surface area (Å²) in [4.78, 5) is 12.3. The van der Waals surface area contributed by atoms with Gasteiger partial charge in [0.05, 0.1) is 18.3 Å². The number of anilines is 2. The van der Waals surface area contributed by atoms with Crippen LogP contribution in [0.1, 0.15) is 24.0 Å². The lowest BCUT2D eigenvalue weighted by molar-refractivity contribution is -0.114. The maximum absolute atomic E-state index is 12.3. The minimum absolute atomic E-state index is 0.114. The van der Waals surface area contributed by atoms with E-state index in [0.717, 1.165) is 25.1 Å². The maximum Gasteiger partial charge on any atom is 0.243 e. The van der Waals surface area contributed by atoms with Gasteiger partial charge in [0.1, 0.15) is 12.4 Å². The molecule has 5 nitrogen and oxygen atoms in total. The van der Waals surface area contributed by atoms with Crippen LogP contribution in [0.25, 0.3) is 0 Å². The van der Waals surface area contributed by atoms with E-state index in [9.17, 15) is 4.79 Å². The monoisotopic (exact) mass is 354 g/mol. The number of aryl methyl sites for hydroxylation is 2. The van der Waals surface area contributed by atoms with E-state index in [2.05, 4.69) is 16.7 Å². The molecule has 0 aromatic heterocycles. The predicted octanol–water partition coefficient (Wildman–Crippen LogP) is 3.91. The average Bonchev–Trinajstić information content (AvgIpc) is 3.12. The zero-order valence-electron chi connectivity index (χ0n) is 15.4. The highest BCUT2D eigenvalue weighted by molar-refractivity contribution is 5.95. The van der Waals surface area contributed by atoms with E-state index in [1.807, 2.05) is 50.2 Å². The quantitative estimate of drug-likeness (QED) is 0.791. The molecule has 26 heavy (non-hydrogen) atoms. The van der Waals surface area contributed by atoms with Gasteiger partial charge < -0.3 is 20.1 Å². The lowest BCUT2D eigenvalue weighted by atomic mass is 10.1. The van der Waals surface area contributed by atoms with Crippen molar-refractivity contribution in [2.75, 3.05) is 30.4 Å². The van der Waals surface area contributed by atoms with Crippen LogP contribution in [0.2, 0.25) is 0 Å². The fourth-order valence-electron chi connectivity index (χ4n) is 3.11. The molecule has 1 amide bonds. The third-order valence-electron chi connectivity index (χ3n) is 4.28. The summed E-state index contributed by atoms with van der Waals surface area (Å²) in [7, 11) is 0. The highest BCUT2D eigenvalue weighted by Crippen LogP contribution is 2.25. The van der Waals surface area contributed by atoms with Gasteiger partial charge in [-0.15, -0.1) is 0 Å². The standard InChI is InChI=1S/C21H26N2O3/c1-15-10-16(2)12-17(11-15)22-13-21(24)23-19-7-3-4-8-20(19)26-14-18-6-5-9-25-18/h3-4,7-8,10-12,18,22H,5-6,9,13-14H2,1-2H3,(H,23,24). The molecule has 0 saturated carbocycles. The highest BCUT2D eigenvalue weighted by atomic mass is 16.5. The number of nitrogens with one attached hydrogen (secondary N) is 2. The normalized spacial score (nSPS) is 16.3. The van der Waals surface area contributed by atoms with E-state index in [4.69, 9.17) is 9.47 Å². The van der Waals surface area contributed by atoms with Gasteiger partial charge >= 0.3 is 0 Å². The van der Waals surface area contributed by atoms with Crippen molar-refractivity contribution >= 4 is 17.3 Å². The first-order valence-electron chi connectivity index (χ1n) is 9.05. The minimum atomic E-state index is -0.114. The van der Waals surface area contributed by atoms with Gasteiger partial charge in [0, 0.05) is 12.3 Å². The molecule has 1 aliphatic heterocycles. The number of carbonyl (C=O) groups is 1. The Balaban J connectivity index is 1.54. The second-order valence-electron chi connectivity index (χ2n) is 6.72. The van der Waals surface area contributed by atoms with Gasteiger partial charge in [0.2, 0.25) is 5.91 Å². The first kappa shape index (κ1) is 18.3. The second kappa shape index (κ2) is 8.72. The van der Waals surface area contributed by atoms with E-state index in [0.29, 0.717) is 18.0 Å². The molecule has 1 saturated heterocycles. The Bertz CT molecular complexity index is 734. The topological polar surface area (TPSA) is 59.6 Å². The van der Waals surface area contributed by atoms with Gasteiger partial charge in [-0.2, -0.15) is 0 Å². The molecule has 1 heterocycles. The summed E-state index contributed by atoms with van der Waals surface area (Å²) in [5, 5.41) is 6.09. The van der Waals surface area contributed by atoms with Gasteiger partial charge in [0.15, 0.2) is 0 Å². The van der Waals surface area contributed by atoms with Gasteiger partial charge in [-0.25, -0.2) is 0 Å². The van der Waals surface area contributed by atoms with Gasteiger partial charge in [-0.05, 0) is 62.1 Å². The smallest absolute Gasteiger partial charge is 0.243 e. The third kappa shape index (κ3) is 5.23. The number of ether oxygens (including phenoxy) is 2. The zero-order valence-corrected chi connectivity index (χ0v) is 15.4. The highest BCUT2D eigenvalue weighted by Gasteiger charge is 2.17. The predicted molar refractivity (Wildman–Crippen MR) is 104 cm³/mol. The largest absolute Gasteiger partial charge is 0.489 e. The van der Waals surface area contributed by atoms with Crippen LogP contribution in [0.5, 0.6) is 5.75 Å². The second-order valence-corrected chi connectivity index (χ2v) is 6.72. The van der Waals surface area contributed by atoms with Gasteiger partial charge in [-0.1, -0.05) is 18.2 Å². The summed E-state index contributed by atoms with van der Waals surface area (Å²) in [6, 6.07) is 13.6. The summed E-state index contributed by atoms with van der Waals surface area (Å²) in [5.41, 5.74) is 3.96. The summed E-state index contributed by atoms with van der Waals surface area (Å²) in [5.74, 6) is 0.556. The summed E-state index contributed by atoms with van der Waals surface area (Å²) in [6.45, 7) is 5.59. The van der Waals surface area contributed by atoms with Crippen LogP contribution in [0.4, 0.5) is 11.4 Å². The Labute approximate surface area is 154 Å². The van der Waals surface area contributed by atoms with Crippen molar-refractivity contribution in [1.82, 2.24) is 0 Å². The molecule has 0 spiro atoms. The molecule has 5 heteroatoms. The molecule has 3 rings (SSSR count). The average molecular weight is 354 g/mol. The SMILES string of the molecule is Cc1cc(C)cc(NCC(=O)Nc2ccccc2OCC2CCCO2)c1. The van der Waals surface area contributed by atoms with Crippen LogP contribution >= 0.6 is 0 Å². The Morgan fingerprint density at radius 1 is 1.19 bits per heavy atom. The molecule has 1 unspecified atom stereocenters. The van der Waals surface area contributed by atoms with Crippen LogP contribution in [-0.2, 0) is 9.53 Å². The number of rotatable bonds is 7. The fourth-order valence-corrected chi connectivity index (χ4v) is 3.11. The maximum atomic E-state index is 12.3. The number of benzene rings is 2. The van der Waals surface area contributed by atoms with E-state index in [1.54, 1.807) is 0 Å². The molecular formula is C21H26N2O3. The minimum Gasteiger partial charge on any atom is -0.489 e.